The highest BCUT2D eigenvalue weighted by Gasteiger charge is 2.25. The molecule has 7 nitrogen and oxygen atoms in total. The Morgan fingerprint density at radius 1 is 0.882 bits per heavy atom. The van der Waals surface area contributed by atoms with Gasteiger partial charge in [-0.1, -0.05) is 23.8 Å². The average Bonchev–Trinajstić information content (AvgIpc) is 2.85. The molecule has 0 radical (unpaired) electrons. The number of aryl methyl sites for hydroxylation is 2. The van der Waals surface area contributed by atoms with Crippen molar-refractivity contribution in [3.05, 3.63) is 83.4 Å². The molecule has 0 aromatic heterocycles. The van der Waals surface area contributed by atoms with Gasteiger partial charge in [0.05, 0.1) is 12.0 Å². The molecule has 178 valence electrons. The van der Waals surface area contributed by atoms with Crippen LogP contribution in [0.5, 0.6) is 5.75 Å². The topological polar surface area (TPSA) is 79.0 Å². The van der Waals surface area contributed by atoms with Crippen molar-refractivity contribution in [1.29, 1.82) is 0 Å². The molecule has 0 bridgehead atoms. The molecular weight excluding hydrogens is 450 g/mol. The van der Waals surface area contributed by atoms with Crippen molar-refractivity contribution in [3.63, 3.8) is 0 Å². The first-order valence-corrected chi connectivity index (χ1v) is 12.6. The summed E-state index contributed by atoms with van der Waals surface area (Å²) in [4.78, 5) is 17.3. The molecule has 0 saturated carbocycles. The Labute approximate surface area is 201 Å². The second kappa shape index (κ2) is 9.77. The number of carbonyl (C=O) groups excluding carboxylic acids is 1. The van der Waals surface area contributed by atoms with Gasteiger partial charge in [0.25, 0.3) is 15.9 Å². The molecule has 1 saturated heterocycles. The van der Waals surface area contributed by atoms with E-state index in [2.05, 4.69) is 9.62 Å². The zero-order valence-electron chi connectivity index (χ0n) is 19.6. The van der Waals surface area contributed by atoms with Crippen molar-refractivity contribution in [2.24, 2.45) is 0 Å². The van der Waals surface area contributed by atoms with Crippen LogP contribution in [-0.2, 0) is 10.0 Å². The zero-order chi connectivity index (χ0) is 24.3. The lowest BCUT2D eigenvalue weighted by Crippen LogP contribution is -2.48. The molecule has 1 fully saturated rings. The minimum absolute atomic E-state index is 0.107. The molecule has 0 spiro atoms. The molecule has 1 amide bonds. The monoisotopic (exact) mass is 479 g/mol. The van der Waals surface area contributed by atoms with E-state index in [0.717, 1.165) is 17.0 Å². The lowest BCUT2D eigenvalue weighted by atomic mass is 10.1. The highest BCUT2D eigenvalue weighted by molar-refractivity contribution is 7.92. The Balaban J connectivity index is 1.46. The third kappa shape index (κ3) is 5.17. The van der Waals surface area contributed by atoms with E-state index in [-0.39, 0.29) is 10.8 Å². The summed E-state index contributed by atoms with van der Waals surface area (Å²) in [5.41, 5.74) is 3.56. The predicted molar refractivity (Wildman–Crippen MR) is 134 cm³/mol. The third-order valence-corrected chi connectivity index (χ3v) is 7.56. The first kappa shape index (κ1) is 23.6. The summed E-state index contributed by atoms with van der Waals surface area (Å²) in [6.45, 7) is 6.18. The smallest absolute Gasteiger partial charge is 0.262 e. The molecule has 1 aliphatic rings. The van der Waals surface area contributed by atoms with Gasteiger partial charge in [-0.05, 0) is 67.9 Å². The van der Waals surface area contributed by atoms with E-state index >= 15 is 0 Å². The van der Waals surface area contributed by atoms with Crippen LogP contribution in [0.2, 0.25) is 0 Å². The van der Waals surface area contributed by atoms with Crippen molar-refractivity contribution in [1.82, 2.24) is 4.90 Å². The van der Waals surface area contributed by atoms with E-state index in [0.29, 0.717) is 43.0 Å². The van der Waals surface area contributed by atoms with Gasteiger partial charge in [-0.15, -0.1) is 0 Å². The van der Waals surface area contributed by atoms with E-state index in [4.69, 9.17) is 4.74 Å². The normalized spacial score (nSPS) is 14.1. The number of nitrogens with one attached hydrogen (secondary N) is 1. The summed E-state index contributed by atoms with van der Waals surface area (Å²) < 4.78 is 33.9. The molecule has 34 heavy (non-hydrogen) atoms. The number of sulfonamides is 1. The van der Waals surface area contributed by atoms with E-state index in [1.54, 1.807) is 43.2 Å². The first-order valence-electron chi connectivity index (χ1n) is 11.2. The molecule has 1 heterocycles. The van der Waals surface area contributed by atoms with Crippen LogP contribution in [0.1, 0.15) is 21.5 Å². The maximum absolute atomic E-state index is 13.2. The van der Waals surface area contributed by atoms with Crippen LogP contribution >= 0.6 is 0 Å². The minimum atomic E-state index is -3.83. The Morgan fingerprint density at radius 2 is 1.53 bits per heavy atom. The van der Waals surface area contributed by atoms with Gasteiger partial charge >= 0.3 is 0 Å². The van der Waals surface area contributed by atoms with Crippen molar-refractivity contribution >= 4 is 27.3 Å². The van der Waals surface area contributed by atoms with Gasteiger partial charge in [-0.2, -0.15) is 0 Å². The van der Waals surface area contributed by atoms with Gasteiger partial charge in [0, 0.05) is 43.1 Å². The number of benzene rings is 3. The Bertz CT molecular complexity index is 1260. The number of carbonyl (C=O) groups is 1. The van der Waals surface area contributed by atoms with Crippen LogP contribution in [0.25, 0.3) is 0 Å². The van der Waals surface area contributed by atoms with E-state index < -0.39 is 10.0 Å². The predicted octanol–water partition coefficient (Wildman–Crippen LogP) is 4.08. The van der Waals surface area contributed by atoms with Crippen LogP contribution < -0.4 is 14.4 Å². The summed E-state index contributed by atoms with van der Waals surface area (Å²) in [6.07, 6.45) is 0. The van der Waals surface area contributed by atoms with E-state index in [1.165, 1.54) is 6.07 Å². The molecule has 4 rings (SSSR count). The first-order chi connectivity index (χ1) is 16.3. The van der Waals surface area contributed by atoms with Crippen molar-refractivity contribution in [3.8, 4) is 5.75 Å². The molecule has 0 atom stereocenters. The summed E-state index contributed by atoms with van der Waals surface area (Å²) in [5.74, 6) is 0.640. The molecule has 3 aromatic carbocycles. The highest BCUT2D eigenvalue weighted by Crippen LogP contribution is 2.24. The van der Waals surface area contributed by atoms with Crippen LogP contribution in [-0.4, -0.2) is 52.5 Å². The van der Waals surface area contributed by atoms with Crippen LogP contribution in [0, 0.1) is 13.8 Å². The summed E-state index contributed by atoms with van der Waals surface area (Å²) in [7, 11) is -2.19. The largest absolute Gasteiger partial charge is 0.497 e. The molecular formula is C26H29N3O4S. The van der Waals surface area contributed by atoms with Gasteiger partial charge in [0.2, 0.25) is 0 Å². The van der Waals surface area contributed by atoms with Crippen LogP contribution in [0.3, 0.4) is 0 Å². The zero-order valence-corrected chi connectivity index (χ0v) is 20.4. The molecule has 1 aliphatic heterocycles. The van der Waals surface area contributed by atoms with Crippen LogP contribution in [0.4, 0.5) is 11.4 Å². The number of hydrogen-bond donors (Lipinski definition) is 1. The number of amides is 1. The molecule has 0 aliphatic carbocycles. The molecule has 8 heteroatoms. The fourth-order valence-electron chi connectivity index (χ4n) is 4.00. The molecule has 3 aromatic rings. The number of ether oxygens (including phenoxy) is 1. The fraction of sp³-hybridized carbons (Fsp3) is 0.269. The number of piperazine rings is 1. The van der Waals surface area contributed by atoms with Crippen LogP contribution in [0.15, 0.2) is 71.6 Å². The number of methoxy groups -OCH3 is 1. The molecule has 0 unspecified atom stereocenters. The number of rotatable bonds is 6. The summed E-state index contributed by atoms with van der Waals surface area (Å²) in [6, 6.07) is 19.8. The Morgan fingerprint density at radius 3 is 2.15 bits per heavy atom. The van der Waals surface area contributed by atoms with Gasteiger partial charge in [0.1, 0.15) is 5.75 Å². The van der Waals surface area contributed by atoms with Crippen molar-refractivity contribution < 1.29 is 17.9 Å². The second-order valence-corrected chi connectivity index (χ2v) is 10.1. The standard InChI is InChI=1S/C26H29N3O4S/c1-19-4-8-22(9-5-19)27-34(31,32)25-18-21(7-6-20(25)2)26(30)29-16-14-28(15-17-29)23-10-12-24(33-3)13-11-23/h4-13,18,27H,14-17H2,1-3H3. The number of nitrogens with zero attached hydrogens (tertiary/aromatic N) is 2. The lowest BCUT2D eigenvalue weighted by Gasteiger charge is -2.36. The Hall–Kier alpha value is -3.52. The Kier molecular flexibility index (Phi) is 6.79. The fourth-order valence-corrected chi connectivity index (χ4v) is 5.33. The van der Waals surface area contributed by atoms with E-state index in [1.807, 2.05) is 43.3 Å². The quantitative estimate of drug-likeness (QED) is 0.577. The summed E-state index contributed by atoms with van der Waals surface area (Å²) >= 11 is 0. The highest BCUT2D eigenvalue weighted by atomic mass is 32.2. The maximum atomic E-state index is 13.2. The minimum Gasteiger partial charge on any atom is -0.497 e. The second-order valence-electron chi connectivity index (χ2n) is 8.43. The van der Waals surface area contributed by atoms with E-state index in [9.17, 15) is 13.2 Å². The molecule has 1 N–H and O–H groups in total. The average molecular weight is 480 g/mol. The van der Waals surface area contributed by atoms with Gasteiger partial charge in [-0.3, -0.25) is 9.52 Å². The third-order valence-electron chi connectivity index (χ3n) is 6.03. The lowest BCUT2D eigenvalue weighted by molar-refractivity contribution is 0.0746. The maximum Gasteiger partial charge on any atom is 0.262 e. The summed E-state index contributed by atoms with van der Waals surface area (Å²) in [5, 5.41) is 0. The van der Waals surface area contributed by atoms with Gasteiger partial charge in [0.15, 0.2) is 0 Å². The van der Waals surface area contributed by atoms with Gasteiger partial charge in [-0.25, -0.2) is 8.42 Å². The number of hydrogen-bond acceptors (Lipinski definition) is 5. The van der Waals surface area contributed by atoms with Crippen molar-refractivity contribution in [2.45, 2.75) is 18.7 Å². The SMILES string of the molecule is COc1ccc(N2CCN(C(=O)c3ccc(C)c(S(=O)(=O)Nc4ccc(C)cc4)c3)CC2)cc1. The van der Waals surface area contributed by atoms with Crippen molar-refractivity contribution in [2.75, 3.05) is 42.9 Å². The number of anilines is 2. The van der Waals surface area contributed by atoms with Gasteiger partial charge < -0.3 is 14.5 Å².